The molecule has 0 aliphatic rings. The lowest BCUT2D eigenvalue weighted by Gasteiger charge is -2.27. The van der Waals surface area contributed by atoms with Crippen molar-refractivity contribution in [3.8, 4) is 0 Å². The molecule has 0 aliphatic carbocycles. The molecule has 0 aromatic heterocycles. The first-order valence-electron chi connectivity index (χ1n) is 6.74. The molecule has 8 heteroatoms. The Morgan fingerprint density at radius 2 is 1.82 bits per heavy atom. The van der Waals surface area contributed by atoms with Crippen molar-refractivity contribution in [1.29, 1.82) is 0 Å². The van der Waals surface area contributed by atoms with Crippen LogP contribution in [-0.4, -0.2) is 32.4 Å². The van der Waals surface area contributed by atoms with Gasteiger partial charge in [-0.2, -0.15) is 0 Å². The molecule has 0 saturated carbocycles. The summed E-state index contributed by atoms with van der Waals surface area (Å²) < 4.78 is 27.4. The maximum atomic E-state index is 12.3. The summed E-state index contributed by atoms with van der Waals surface area (Å²) >= 11 is 5.84. The fourth-order valence-electron chi connectivity index (χ4n) is 1.69. The van der Waals surface area contributed by atoms with E-state index in [-0.39, 0.29) is 18.7 Å². The van der Waals surface area contributed by atoms with Crippen molar-refractivity contribution < 1.29 is 17.9 Å². The van der Waals surface area contributed by atoms with E-state index in [1.54, 1.807) is 45.0 Å². The molecular weight excluding hydrogens is 328 g/mol. The lowest BCUT2D eigenvalue weighted by molar-refractivity contribution is 0.0580. The first kappa shape index (κ1) is 18.7. The standard InChI is InChI=1S/C14H21ClN2O4S/c1-14(2,3)21-13(18)17(9-4-10-22(16,19)20)12-7-5-11(15)6-8-12/h5-8H,4,9-10H2,1-3H3,(H2,16,19,20). The minimum absolute atomic E-state index is 0.174. The maximum Gasteiger partial charge on any atom is 0.414 e. The van der Waals surface area contributed by atoms with E-state index in [0.717, 1.165) is 0 Å². The van der Waals surface area contributed by atoms with E-state index in [1.807, 2.05) is 0 Å². The summed E-state index contributed by atoms with van der Waals surface area (Å²) in [5, 5.41) is 5.52. The summed E-state index contributed by atoms with van der Waals surface area (Å²) in [5.41, 5.74) is -0.0742. The van der Waals surface area contributed by atoms with E-state index in [1.165, 1.54) is 4.90 Å². The fraction of sp³-hybridized carbons (Fsp3) is 0.500. The van der Waals surface area contributed by atoms with Gasteiger partial charge < -0.3 is 4.74 Å². The Hall–Kier alpha value is -1.31. The van der Waals surface area contributed by atoms with Crippen LogP contribution < -0.4 is 10.0 Å². The second-order valence-corrected chi connectivity index (χ2v) is 8.00. The number of benzene rings is 1. The topological polar surface area (TPSA) is 89.7 Å². The van der Waals surface area contributed by atoms with Crippen molar-refractivity contribution in [2.75, 3.05) is 17.2 Å². The van der Waals surface area contributed by atoms with E-state index in [9.17, 15) is 13.2 Å². The molecule has 0 unspecified atom stereocenters. The molecule has 0 radical (unpaired) electrons. The number of nitrogens with zero attached hydrogens (tertiary/aromatic N) is 1. The minimum Gasteiger partial charge on any atom is -0.443 e. The number of anilines is 1. The van der Waals surface area contributed by atoms with Crippen LogP contribution in [0, 0.1) is 0 Å². The number of primary sulfonamides is 1. The number of sulfonamides is 1. The first-order valence-corrected chi connectivity index (χ1v) is 8.84. The van der Waals surface area contributed by atoms with Crippen molar-refractivity contribution in [3.63, 3.8) is 0 Å². The molecule has 2 N–H and O–H groups in total. The quantitative estimate of drug-likeness (QED) is 0.885. The second-order valence-electron chi connectivity index (χ2n) is 5.83. The van der Waals surface area contributed by atoms with E-state index < -0.39 is 21.7 Å². The number of amides is 1. The van der Waals surface area contributed by atoms with Crippen LogP contribution in [0.1, 0.15) is 27.2 Å². The van der Waals surface area contributed by atoms with Gasteiger partial charge in [0.1, 0.15) is 5.60 Å². The number of hydrogen-bond acceptors (Lipinski definition) is 4. The molecule has 1 aromatic carbocycles. The summed E-state index contributed by atoms with van der Waals surface area (Å²) in [6.07, 6.45) is -0.343. The number of ether oxygens (including phenoxy) is 1. The summed E-state index contributed by atoms with van der Waals surface area (Å²) in [6, 6.07) is 6.63. The van der Waals surface area contributed by atoms with Gasteiger partial charge in [0.25, 0.3) is 0 Å². The SMILES string of the molecule is CC(C)(C)OC(=O)N(CCCS(N)(=O)=O)c1ccc(Cl)cc1. The highest BCUT2D eigenvalue weighted by atomic mass is 35.5. The Labute approximate surface area is 136 Å². The molecule has 124 valence electrons. The molecule has 0 aliphatic heterocycles. The van der Waals surface area contributed by atoms with Crippen LogP contribution in [0.3, 0.4) is 0 Å². The largest absolute Gasteiger partial charge is 0.443 e. The van der Waals surface area contributed by atoms with Crippen LogP contribution in [0.5, 0.6) is 0 Å². The number of halogens is 1. The predicted molar refractivity (Wildman–Crippen MR) is 87.6 cm³/mol. The van der Waals surface area contributed by atoms with Crippen molar-refractivity contribution in [2.45, 2.75) is 32.8 Å². The molecule has 1 amide bonds. The summed E-state index contributed by atoms with van der Waals surface area (Å²) in [7, 11) is -3.57. The molecule has 0 heterocycles. The van der Waals surface area contributed by atoms with Gasteiger partial charge in [-0.3, -0.25) is 4.90 Å². The third kappa shape index (κ3) is 7.11. The molecular formula is C14H21ClN2O4S. The van der Waals surface area contributed by atoms with Gasteiger partial charge in [-0.1, -0.05) is 11.6 Å². The normalized spacial score (nSPS) is 12.0. The van der Waals surface area contributed by atoms with E-state index >= 15 is 0 Å². The lowest BCUT2D eigenvalue weighted by Crippen LogP contribution is -2.38. The summed E-state index contributed by atoms with van der Waals surface area (Å²) in [6.45, 7) is 5.45. The third-order valence-electron chi connectivity index (χ3n) is 2.56. The second kappa shape index (κ2) is 7.30. The number of carbonyl (C=O) groups is 1. The Kier molecular flexibility index (Phi) is 6.22. The Morgan fingerprint density at radius 3 is 2.27 bits per heavy atom. The van der Waals surface area contributed by atoms with Crippen LogP contribution >= 0.6 is 11.6 Å². The van der Waals surface area contributed by atoms with Gasteiger partial charge in [-0.15, -0.1) is 0 Å². The highest BCUT2D eigenvalue weighted by molar-refractivity contribution is 7.89. The molecule has 1 aromatic rings. The van der Waals surface area contributed by atoms with Gasteiger partial charge in [-0.25, -0.2) is 18.4 Å². The van der Waals surface area contributed by atoms with Crippen LogP contribution in [-0.2, 0) is 14.8 Å². The minimum atomic E-state index is -3.57. The van der Waals surface area contributed by atoms with Crippen LogP contribution in [0.4, 0.5) is 10.5 Å². The Morgan fingerprint density at radius 1 is 1.27 bits per heavy atom. The number of carbonyl (C=O) groups excluding carboxylic acids is 1. The molecule has 1 rings (SSSR count). The van der Waals surface area contributed by atoms with E-state index in [4.69, 9.17) is 21.5 Å². The fourth-order valence-corrected chi connectivity index (χ4v) is 2.35. The highest BCUT2D eigenvalue weighted by Gasteiger charge is 2.23. The van der Waals surface area contributed by atoms with Gasteiger partial charge in [0.15, 0.2) is 0 Å². The predicted octanol–water partition coefficient (Wildman–Crippen LogP) is 2.76. The summed E-state index contributed by atoms with van der Waals surface area (Å²) in [5.74, 6) is -0.208. The monoisotopic (exact) mass is 348 g/mol. The average Bonchev–Trinajstić information content (AvgIpc) is 2.32. The summed E-state index contributed by atoms with van der Waals surface area (Å²) in [4.78, 5) is 13.7. The smallest absolute Gasteiger partial charge is 0.414 e. The maximum absolute atomic E-state index is 12.3. The number of nitrogens with two attached hydrogens (primary N) is 1. The molecule has 0 saturated heterocycles. The highest BCUT2D eigenvalue weighted by Crippen LogP contribution is 2.21. The lowest BCUT2D eigenvalue weighted by atomic mass is 10.2. The van der Waals surface area contributed by atoms with Crippen molar-refractivity contribution in [3.05, 3.63) is 29.3 Å². The van der Waals surface area contributed by atoms with Crippen molar-refractivity contribution >= 4 is 33.4 Å². The van der Waals surface area contributed by atoms with Crippen LogP contribution in [0.25, 0.3) is 0 Å². The Bertz CT molecular complexity index is 609. The third-order valence-corrected chi connectivity index (χ3v) is 3.67. The molecule has 6 nitrogen and oxygen atoms in total. The first-order chi connectivity index (χ1) is 9.98. The van der Waals surface area contributed by atoms with E-state index in [2.05, 4.69) is 0 Å². The van der Waals surface area contributed by atoms with Gasteiger partial charge in [0.2, 0.25) is 10.0 Å². The number of rotatable bonds is 5. The zero-order valence-corrected chi connectivity index (χ0v) is 14.4. The van der Waals surface area contributed by atoms with E-state index in [0.29, 0.717) is 10.7 Å². The van der Waals surface area contributed by atoms with Crippen LogP contribution in [0.15, 0.2) is 24.3 Å². The number of hydrogen-bond donors (Lipinski definition) is 1. The van der Waals surface area contributed by atoms with Crippen molar-refractivity contribution in [1.82, 2.24) is 0 Å². The zero-order valence-electron chi connectivity index (χ0n) is 12.9. The average molecular weight is 349 g/mol. The molecule has 0 atom stereocenters. The van der Waals surface area contributed by atoms with Crippen molar-refractivity contribution in [2.24, 2.45) is 5.14 Å². The van der Waals surface area contributed by atoms with Crippen LogP contribution in [0.2, 0.25) is 5.02 Å². The zero-order chi connectivity index (χ0) is 17.0. The van der Waals surface area contributed by atoms with Gasteiger partial charge in [0.05, 0.1) is 5.75 Å². The molecule has 0 spiro atoms. The van der Waals surface area contributed by atoms with Gasteiger partial charge in [0, 0.05) is 17.3 Å². The van der Waals surface area contributed by atoms with Gasteiger partial charge >= 0.3 is 6.09 Å². The molecule has 0 bridgehead atoms. The van der Waals surface area contributed by atoms with Gasteiger partial charge in [-0.05, 0) is 51.5 Å². The Balaban J connectivity index is 2.89. The molecule has 22 heavy (non-hydrogen) atoms. The molecule has 0 fully saturated rings.